The molecule has 0 fully saturated rings. The summed E-state index contributed by atoms with van der Waals surface area (Å²) in [6, 6.07) is 67.7. The molecule has 10 rings (SSSR count). The van der Waals surface area contributed by atoms with Crippen molar-refractivity contribution in [2.45, 2.75) is 0 Å². The monoisotopic (exact) mass is 737 g/mol. The van der Waals surface area contributed by atoms with Crippen LogP contribution in [0.1, 0.15) is 0 Å². The molecular weight excluding hydrogens is 698 g/mol. The first-order valence-electron chi connectivity index (χ1n) is 20.1. The molecule has 0 aliphatic carbocycles. The Kier molecular flexibility index (Phi) is 8.91. The summed E-state index contributed by atoms with van der Waals surface area (Å²) in [6.07, 6.45) is 0. The normalized spacial score (nSPS) is 11.4. The van der Waals surface area contributed by atoms with Gasteiger partial charge in [0.15, 0.2) is 0 Å². The summed E-state index contributed by atoms with van der Waals surface area (Å²) in [5.41, 5.74) is 20.1. The van der Waals surface area contributed by atoms with Crippen LogP contribution in [-0.4, -0.2) is 31.4 Å². The highest BCUT2D eigenvalue weighted by molar-refractivity contribution is 6.63. The molecule has 0 bridgehead atoms. The van der Waals surface area contributed by atoms with E-state index in [1.165, 1.54) is 66.3 Å². The van der Waals surface area contributed by atoms with E-state index >= 15 is 0 Å². The van der Waals surface area contributed by atoms with Crippen molar-refractivity contribution in [2.24, 2.45) is 0 Å². The van der Waals surface area contributed by atoms with Gasteiger partial charge in [-0.05, 0) is 86.3 Å². The summed E-state index contributed by atoms with van der Waals surface area (Å²) in [6.45, 7) is 0. The number of hydrogen-bond donors (Lipinski definition) is 0. The highest BCUT2D eigenvalue weighted by Crippen LogP contribution is 2.42. The van der Waals surface area contributed by atoms with E-state index in [4.69, 9.17) is 4.42 Å². The predicted octanol–water partition coefficient (Wildman–Crippen LogP) is 7.91. The van der Waals surface area contributed by atoms with Crippen LogP contribution in [0.4, 0.5) is 17.1 Å². The predicted molar refractivity (Wildman–Crippen MR) is 260 cm³/mol. The average Bonchev–Trinajstić information content (AvgIpc) is 3.68. The Bertz CT molecular complexity index is 3110. The van der Waals surface area contributed by atoms with Crippen LogP contribution in [0.25, 0.3) is 77.2 Å². The van der Waals surface area contributed by atoms with Crippen LogP contribution in [0.2, 0.25) is 0 Å². The molecule has 0 saturated carbocycles. The number of hydrogen-bond acceptors (Lipinski definition) is 2. The fraction of sp³-hybridized carbons (Fsp3) is 0. The van der Waals surface area contributed by atoms with E-state index in [0.29, 0.717) is 0 Å². The van der Waals surface area contributed by atoms with Crippen LogP contribution >= 0.6 is 0 Å². The molecule has 1 heterocycles. The summed E-state index contributed by atoms with van der Waals surface area (Å²) < 4.78 is 6.62. The molecule has 0 aliphatic rings. The van der Waals surface area contributed by atoms with Gasteiger partial charge in [-0.25, -0.2) is 0 Å². The van der Waals surface area contributed by atoms with Crippen LogP contribution < -0.4 is 26.8 Å². The van der Waals surface area contributed by atoms with Gasteiger partial charge in [-0.1, -0.05) is 174 Å². The SMILES string of the molecule is Bc1c(B)c(N(c2ccc(-c3ccc(-c4ccccc4)cc3)cc2)c2cccc(-c3cccc4oc5c6ccccc6ccc5c34)c2)c(B)c(B)c1-c1ccccc1. The average molecular weight is 737 g/mol. The van der Waals surface area contributed by atoms with Crippen molar-refractivity contribution in [1.82, 2.24) is 0 Å². The van der Waals surface area contributed by atoms with Gasteiger partial charge < -0.3 is 9.32 Å². The maximum Gasteiger partial charge on any atom is 0.143 e. The van der Waals surface area contributed by atoms with Crippen molar-refractivity contribution in [2.75, 3.05) is 4.90 Å². The minimum Gasteiger partial charge on any atom is -0.455 e. The van der Waals surface area contributed by atoms with Gasteiger partial charge in [0, 0.05) is 33.2 Å². The zero-order chi connectivity index (χ0) is 39.3. The summed E-state index contributed by atoms with van der Waals surface area (Å²) in [5.74, 6) is 0. The van der Waals surface area contributed by atoms with Crippen molar-refractivity contribution >= 4 is 103 Å². The van der Waals surface area contributed by atoms with Crippen molar-refractivity contribution < 1.29 is 4.42 Å². The van der Waals surface area contributed by atoms with E-state index in [1.54, 1.807) is 0 Å². The van der Waals surface area contributed by atoms with Crippen LogP contribution in [0.3, 0.4) is 0 Å². The molecule has 0 spiro atoms. The highest BCUT2D eigenvalue weighted by atomic mass is 16.3. The number of anilines is 3. The molecule has 0 atom stereocenters. The van der Waals surface area contributed by atoms with Gasteiger partial charge in [0.25, 0.3) is 0 Å². The van der Waals surface area contributed by atoms with Gasteiger partial charge in [-0.2, -0.15) is 0 Å². The standard InChI is InChI=1S/C52H39B4NO/c53-47-45(37-14-5-2-6-15-37)48(54)50(56)51(49(47)55)57(39-28-25-35(26-29-39)34-23-21-33(22-24-34)32-11-3-1-4-12-32)40-17-9-16-38(31-40)41-19-10-20-44-46(41)43-30-27-36-13-7-8-18-42(36)52(43)58-44/h1-31H,53-56H2. The zero-order valence-electron chi connectivity index (χ0n) is 33.3. The molecule has 10 aromatic rings. The molecular formula is C52H39B4NO. The highest BCUT2D eigenvalue weighted by Gasteiger charge is 2.23. The fourth-order valence-corrected chi connectivity index (χ4v) is 8.97. The molecule has 9 aromatic carbocycles. The summed E-state index contributed by atoms with van der Waals surface area (Å²) in [4.78, 5) is 2.46. The van der Waals surface area contributed by atoms with E-state index in [0.717, 1.165) is 49.8 Å². The first kappa shape index (κ1) is 35.5. The molecule has 2 nitrogen and oxygen atoms in total. The van der Waals surface area contributed by atoms with E-state index < -0.39 is 0 Å². The van der Waals surface area contributed by atoms with Gasteiger partial charge >= 0.3 is 0 Å². The molecule has 0 amide bonds. The number of fused-ring (bicyclic) bond motifs is 5. The fourth-order valence-electron chi connectivity index (χ4n) is 8.97. The number of furan rings is 1. The van der Waals surface area contributed by atoms with Crippen LogP contribution in [-0.2, 0) is 0 Å². The first-order chi connectivity index (χ1) is 28.4. The van der Waals surface area contributed by atoms with Crippen LogP contribution in [0.15, 0.2) is 192 Å². The third-order valence-electron chi connectivity index (χ3n) is 12.1. The first-order valence-corrected chi connectivity index (χ1v) is 20.1. The Morgan fingerprint density at radius 1 is 0.379 bits per heavy atom. The molecule has 0 radical (unpaired) electrons. The Morgan fingerprint density at radius 2 is 0.931 bits per heavy atom. The topological polar surface area (TPSA) is 16.4 Å². The maximum atomic E-state index is 6.62. The third-order valence-corrected chi connectivity index (χ3v) is 12.1. The van der Waals surface area contributed by atoms with Gasteiger partial charge in [0.2, 0.25) is 0 Å². The molecule has 0 N–H and O–H groups in total. The molecule has 270 valence electrons. The maximum absolute atomic E-state index is 6.62. The smallest absolute Gasteiger partial charge is 0.143 e. The Hall–Kier alpha value is -6.90. The summed E-state index contributed by atoms with van der Waals surface area (Å²) >= 11 is 0. The van der Waals surface area contributed by atoms with Gasteiger partial charge in [-0.3, -0.25) is 0 Å². The molecule has 6 heteroatoms. The van der Waals surface area contributed by atoms with Crippen molar-refractivity contribution in [3.05, 3.63) is 188 Å². The molecule has 58 heavy (non-hydrogen) atoms. The van der Waals surface area contributed by atoms with E-state index in [1.807, 2.05) is 0 Å². The third kappa shape index (κ3) is 6.04. The zero-order valence-corrected chi connectivity index (χ0v) is 33.3. The quantitative estimate of drug-likeness (QED) is 0.155. The lowest BCUT2D eigenvalue weighted by molar-refractivity contribution is 0.673. The number of rotatable bonds is 7. The molecule has 0 saturated heterocycles. The van der Waals surface area contributed by atoms with Crippen molar-refractivity contribution in [3.8, 4) is 44.5 Å². The largest absolute Gasteiger partial charge is 0.455 e. The Labute approximate surface area is 343 Å². The molecule has 0 aliphatic heterocycles. The summed E-state index contributed by atoms with van der Waals surface area (Å²) in [5, 5.41) is 4.58. The summed E-state index contributed by atoms with van der Waals surface area (Å²) in [7, 11) is 9.12. The van der Waals surface area contributed by atoms with E-state index in [-0.39, 0.29) is 0 Å². The van der Waals surface area contributed by atoms with Crippen molar-refractivity contribution in [1.29, 1.82) is 0 Å². The second-order valence-electron chi connectivity index (χ2n) is 15.4. The second-order valence-corrected chi connectivity index (χ2v) is 15.4. The van der Waals surface area contributed by atoms with Crippen LogP contribution in [0.5, 0.6) is 0 Å². The minimum atomic E-state index is 0.896. The lowest BCUT2D eigenvalue weighted by Crippen LogP contribution is -2.46. The van der Waals surface area contributed by atoms with E-state index in [9.17, 15) is 0 Å². The Morgan fingerprint density at radius 3 is 1.60 bits per heavy atom. The van der Waals surface area contributed by atoms with Gasteiger partial charge in [0.1, 0.15) is 42.6 Å². The second kappa shape index (κ2) is 14.6. The van der Waals surface area contributed by atoms with Crippen LogP contribution in [0, 0.1) is 0 Å². The molecule has 0 unspecified atom stereocenters. The lowest BCUT2D eigenvalue weighted by atomic mass is 9.64. The van der Waals surface area contributed by atoms with Gasteiger partial charge in [-0.15, -0.1) is 0 Å². The lowest BCUT2D eigenvalue weighted by Gasteiger charge is -2.33. The number of nitrogens with zero attached hydrogens (tertiary/aromatic N) is 1. The Balaban J connectivity index is 1.13. The van der Waals surface area contributed by atoms with Crippen molar-refractivity contribution in [3.63, 3.8) is 0 Å². The minimum absolute atomic E-state index is 0.896. The van der Waals surface area contributed by atoms with Gasteiger partial charge in [0.05, 0.1) is 0 Å². The van der Waals surface area contributed by atoms with E-state index in [2.05, 4.69) is 224 Å². The number of benzene rings is 9. The molecule has 1 aromatic heterocycles.